The van der Waals surface area contributed by atoms with Crippen LogP contribution < -0.4 is 10.6 Å². The third kappa shape index (κ3) is 9.40. The van der Waals surface area contributed by atoms with Gasteiger partial charge in [-0.1, -0.05) is 58.4 Å². The highest BCUT2D eigenvalue weighted by atomic mass is 79.9. The van der Waals surface area contributed by atoms with Gasteiger partial charge in [-0.05, 0) is 44.0 Å². The van der Waals surface area contributed by atoms with Crippen molar-refractivity contribution < 1.29 is 23.8 Å². The van der Waals surface area contributed by atoms with Crippen LogP contribution in [-0.4, -0.2) is 31.1 Å². The van der Waals surface area contributed by atoms with Crippen molar-refractivity contribution in [2.45, 2.75) is 51.7 Å². The van der Waals surface area contributed by atoms with Crippen LogP contribution in [0.3, 0.4) is 0 Å². The Kier molecular flexibility index (Phi) is 9.33. The van der Waals surface area contributed by atoms with Gasteiger partial charge in [-0.3, -0.25) is 5.32 Å². The predicted molar refractivity (Wildman–Crippen MR) is 121 cm³/mol. The number of nitrogens with one attached hydrogen (secondary N) is 2. The van der Waals surface area contributed by atoms with Crippen LogP contribution in [0.25, 0.3) is 0 Å². The Balaban J connectivity index is 2.02. The number of amides is 2. The molecule has 0 saturated heterocycles. The van der Waals surface area contributed by atoms with Gasteiger partial charge in [-0.25, -0.2) is 9.59 Å². The maximum absolute atomic E-state index is 12.4. The molecule has 168 valence electrons. The molecule has 0 aliphatic heterocycles. The lowest BCUT2D eigenvalue weighted by Gasteiger charge is -2.26. The zero-order chi connectivity index (χ0) is 22.9. The van der Waals surface area contributed by atoms with Crippen molar-refractivity contribution in [3.8, 4) is 0 Å². The highest BCUT2D eigenvalue weighted by Gasteiger charge is 2.24. The molecule has 2 rings (SSSR count). The lowest BCUT2D eigenvalue weighted by molar-refractivity contribution is 0.0371. The van der Waals surface area contributed by atoms with E-state index in [4.69, 9.17) is 14.2 Å². The Morgan fingerprint density at radius 2 is 1.61 bits per heavy atom. The Labute approximate surface area is 191 Å². The van der Waals surface area contributed by atoms with Gasteiger partial charge >= 0.3 is 12.2 Å². The van der Waals surface area contributed by atoms with Crippen molar-refractivity contribution >= 4 is 28.1 Å². The molecular weight excluding hydrogens is 464 g/mol. The molecule has 2 atom stereocenters. The molecule has 2 amide bonds. The van der Waals surface area contributed by atoms with Gasteiger partial charge < -0.3 is 19.5 Å². The van der Waals surface area contributed by atoms with E-state index in [1.54, 1.807) is 20.8 Å². The summed E-state index contributed by atoms with van der Waals surface area (Å²) in [6.07, 6.45) is -1.58. The van der Waals surface area contributed by atoms with Crippen molar-refractivity contribution in [1.82, 2.24) is 10.6 Å². The van der Waals surface area contributed by atoms with Gasteiger partial charge in [0.05, 0.1) is 6.04 Å². The summed E-state index contributed by atoms with van der Waals surface area (Å²) in [5, 5.41) is 5.54. The van der Waals surface area contributed by atoms with Crippen molar-refractivity contribution in [2.75, 3.05) is 7.11 Å². The van der Waals surface area contributed by atoms with Gasteiger partial charge in [0.15, 0.2) is 0 Å². The number of hydrogen-bond acceptors (Lipinski definition) is 5. The second-order valence-electron chi connectivity index (χ2n) is 7.92. The number of alkyl carbamates (subject to hydrolysis) is 2. The lowest BCUT2D eigenvalue weighted by Crippen LogP contribution is -2.41. The fourth-order valence-electron chi connectivity index (χ4n) is 2.75. The van der Waals surface area contributed by atoms with E-state index >= 15 is 0 Å². The molecule has 0 radical (unpaired) electrons. The van der Waals surface area contributed by atoms with Gasteiger partial charge in [-0.2, -0.15) is 0 Å². The molecule has 0 aliphatic carbocycles. The molecule has 31 heavy (non-hydrogen) atoms. The van der Waals surface area contributed by atoms with E-state index in [2.05, 4.69) is 26.6 Å². The summed E-state index contributed by atoms with van der Waals surface area (Å²) >= 11 is 3.41. The minimum absolute atomic E-state index is 0.148. The van der Waals surface area contributed by atoms with E-state index in [0.29, 0.717) is 0 Å². The standard InChI is InChI=1S/C23H29BrN2O5/c1-23(2,3)31-22(28)25-19(17-10-12-18(24)13-11-17)14-20(29-4)26-21(27)30-15-16-8-6-5-7-9-16/h5-13,19-20H,14-15H2,1-4H3,(H,25,28)(H,26,27)/t19-,20?/m0/s1. The maximum Gasteiger partial charge on any atom is 0.409 e. The number of hydrogen-bond donors (Lipinski definition) is 2. The highest BCUT2D eigenvalue weighted by Crippen LogP contribution is 2.22. The number of benzene rings is 2. The van der Waals surface area contributed by atoms with Crippen LogP contribution in [-0.2, 0) is 20.8 Å². The molecule has 0 aromatic heterocycles. The van der Waals surface area contributed by atoms with Crippen LogP contribution in [0, 0.1) is 0 Å². The average molecular weight is 493 g/mol. The first-order chi connectivity index (χ1) is 14.7. The molecule has 0 saturated carbocycles. The molecule has 0 fully saturated rings. The molecule has 2 aromatic carbocycles. The van der Waals surface area contributed by atoms with Gasteiger partial charge in [0.2, 0.25) is 0 Å². The van der Waals surface area contributed by atoms with Gasteiger partial charge in [0, 0.05) is 18.0 Å². The Bertz CT molecular complexity index is 837. The van der Waals surface area contributed by atoms with Crippen molar-refractivity contribution in [2.24, 2.45) is 0 Å². The van der Waals surface area contributed by atoms with Gasteiger partial charge in [0.1, 0.15) is 18.4 Å². The zero-order valence-electron chi connectivity index (χ0n) is 18.2. The van der Waals surface area contributed by atoms with E-state index in [0.717, 1.165) is 15.6 Å². The van der Waals surface area contributed by atoms with Gasteiger partial charge in [0.25, 0.3) is 0 Å². The topological polar surface area (TPSA) is 85.9 Å². The quantitative estimate of drug-likeness (QED) is 0.488. The van der Waals surface area contributed by atoms with E-state index in [-0.39, 0.29) is 13.0 Å². The summed E-state index contributed by atoms with van der Waals surface area (Å²) in [5.74, 6) is 0. The summed E-state index contributed by atoms with van der Waals surface area (Å²) < 4.78 is 17.0. The van der Waals surface area contributed by atoms with Crippen LogP contribution in [0.1, 0.15) is 44.4 Å². The SMILES string of the molecule is COC(C[C@H](NC(=O)OC(C)(C)C)c1ccc(Br)cc1)NC(=O)OCc1ccccc1. The largest absolute Gasteiger partial charge is 0.445 e. The minimum Gasteiger partial charge on any atom is -0.445 e. The molecule has 2 N–H and O–H groups in total. The van der Waals surface area contributed by atoms with Crippen molar-refractivity contribution in [3.63, 3.8) is 0 Å². The molecule has 0 bridgehead atoms. The number of halogens is 1. The third-order valence-corrected chi connectivity index (χ3v) is 4.72. The van der Waals surface area contributed by atoms with Crippen LogP contribution >= 0.6 is 15.9 Å². The molecule has 2 aromatic rings. The fraction of sp³-hybridized carbons (Fsp3) is 0.391. The number of carbonyl (C=O) groups excluding carboxylic acids is 2. The monoisotopic (exact) mass is 492 g/mol. The first-order valence-electron chi connectivity index (χ1n) is 9.91. The Morgan fingerprint density at radius 3 is 2.19 bits per heavy atom. The normalized spacial score (nSPS) is 13.1. The second-order valence-corrected chi connectivity index (χ2v) is 8.83. The van der Waals surface area contributed by atoms with Crippen molar-refractivity contribution in [1.29, 1.82) is 0 Å². The summed E-state index contributed by atoms with van der Waals surface area (Å²) in [6, 6.07) is 16.4. The maximum atomic E-state index is 12.4. The molecule has 0 spiro atoms. The summed E-state index contributed by atoms with van der Waals surface area (Å²) in [5.41, 5.74) is 1.09. The number of ether oxygens (including phenoxy) is 3. The zero-order valence-corrected chi connectivity index (χ0v) is 19.8. The first kappa shape index (κ1) is 24.7. The van der Waals surface area contributed by atoms with E-state index in [9.17, 15) is 9.59 Å². The number of rotatable bonds is 8. The fourth-order valence-corrected chi connectivity index (χ4v) is 3.01. The van der Waals surface area contributed by atoms with Crippen LogP contribution in [0.4, 0.5) is 9.59 Å². The summed E-state index contributed by atoms with van der Waals surface area (Å²) in [6.45, 7) is 5.53. The van der Waals surface area contributed by atoms with Crippen LogP contribution in [0.5, 0.6) is 0 Å². The van der Waals surface area contributed by atoms with Gasteiger partial charge in [-0.15, -0.1) is 0 Å². The molecule has 8 heteroatoms. The summed E-state index contributed by atoms with van der Waals surface area (Å²) in [4.78, 5) is 24.6. The smallest absolute Gasteiger partial charge is 0.409 e. The van der Waals surface area contributed by atoms with E-state index < -0.39 is 30.1 Å². The lowest BCUT2D eigenvalue weighted by atomic mass is 10.0. The van der Waals surface area contributed by atoms with E-state index in [1.165, 1.54) is 7.11 Å². The molecular formula is C23H29BrN2O5. The van der Waals surface area contributed by atoms with Crippen LogP contribution in [0.2, 0.25) is 0 Å². The molecule has 7 nitrogen and oxygen atoms in total. The predicted octanol–water partition coefficient (Wildman–Crippen LogP) is 5.30. The average Bonchev–Trinajstić information content (AvgIpc) is 2.71. The third-order valence-electron chi connectivity index (χ3n) is 4.19. The number of methoxy groups -OCH3 is 1. The Morgan fingerprint density at radius 1 is 0.968 bits per heavy atom. The minimum atomic E-state index is -0.688. The van der Waals surface area contributed by atoms with Crippen molar-refractivity contribution in [3.05, 3.63) is 70.2 Å². The van der Waals surface area contributed by atoms with Crippen LogP contribution in [0.15, 0.2) is 59.1 Å². The Hall–Kier alpha value is -2.58. The number of carbonyl (C=O) groups is 2. The first-order valence-corrected chi connectivity index (χ1v) is 10.7. The second kappa shape index (κ2) is 11.7. The molecule has 1 unspecified atom stereocenters. The summed E-state index contributed by atoms with van der Waals surface area (Å²) in [7, 11) is 1.48. The van der Waals surface area contributed by atoms with E-state index in [1.807, 2.05) is 54.6 Å². The molecule has 0 heterocycles. The highest BCUT2D eigenvalue weighted by molar-refractivity contribution is 9.10. The molecule has 0 aliphatic rings.